The predicted molar refractivity (Wildman–Crippen MR) is 49.1 cm³/mol. The van der Waals surface area contributed by atoms with Crippen LogP contribution in [-0.4, -0.2) is 5.88 Å². The van der Waals surface area contributed by atoms with Crippen LogP contribution in [0.15, 0.2) is 17.5 Å². The average Bonchev–Trinajstić information content (AvgIpc) is 2.31. The summed E-state index contributed by atoms with van der Waals surface area (Å²) >= 11 is 12.7. The van der Waals surface area contributed by atoms with E-state index in [2.05, 4.69) is 0 Å². The minimum atomic E-state index is 0.551. The minimum Gasteiger partial charge on any atom is -0.143 e. The van der Waals surface area contributed by atoms with Crippen molar-refractivity contribution >= 4 is 40.6 Å². The molecule has 0 spiro atoms. The lowest BCUT2D eigenvalue weighted by Gasteiger charge is -1.78. The standard InChI is InChI=1S/C7H6Cl2S/c8-3-1-2-7-4-6(9)5-10-7/h1-2,4-5H,3H2. The van der Waals surface area contributed by atoms with Gasteiger partial charge in [0.2, 0.25) is 0 Å². The van der Waals surface area contributed by atoms with E-state index in [1.54, 1.807) is 11.3 Å². The Bertz CT molecular complexity index is 227. The van der Waals surface area contributed by atoms with Gasteiger partial charge in [-0.25, -0.2) is 0 Å². The van der Waals surface area contributed by atoms with Crippen molar-refractivity contribution in [1.29, 1.82) is 0 Å². The SMILES string of the molecule is ClCC=Cc1cc(Cl)cs1. The Balaban J connectivity index is 2.67. The lowest BCUT2D eigenvalue weighted by Crippen LogP contribution is -1.59. The first-order valence-corrected chi connectivity index (χ1v) is 4.58. The predicted octanol–water partition coefficient (Wildman–Crippen LogP) is 3.65. The van der Waals surface area contributed by atoms with Crippen molar-refractivity contribution in [2.24, 2.45) is 0 Å². The molecule has 0 bridgehead atoms. The van der Waals surface area contributed by atoms with Gasteiger partial charge in [0, 0.05) is 16.1 Å². The molecule has 0 saturated carbocycles. The van der Waals surface area contributed by atoms with Gasteiger partial charge in [-0.3, -0.25) is 0 Å². The van der Waals surface area contributed by atoms with E-state index in [0.29, 0.717) is 5.88 Å². The Labute approximate surface area is 74.1 Å². The molecule has 0 amide bonds. The number of thiophene rings is 1. The molecule has 0 N–H and O–H groups in total. The van der Waals surface area contributed by atoms with Crippen molar-refractivity contribution in [3.05, 3.63) is 27.4 Å². The molecule has 10 heavy (non-hydrogen) atoms. The summed E-state index contributed by atoms with van der Waals surface area (Å²) in [5.74, 6) is 0.551. The molecule has 0 aliphatic rings. The lowest BCUT2D eigenvalue weighted by atomic mass is 10.4. The number of alkyl halides is 1. The third kappa shape index (κ3) is 2.33. The third-order valence-electron chi connectivity index (χ3n) is 0.959. The normalized spacial score (nSPS) is 11.0. The van der Waals surface area contributed by atoms with Crippen LogP contribution in [0.25, 0.3) is 6.08 Å². The minimum absolute atomic E-state index is 0.551. The van der Waals surface area contributed by atoms with Crippen molar-refractivity contribution < 1.29 is 0 Å². The number of hydrogen-bond acceptors (Lipinski definition) is 1. The lowest BCUT2D eigenvalue weighted by molar-refractivity contribution is 1.79. The Morgan fingerprint density at radius 1 is 1.60 bits per heavy atom. The van der Waals surface area contributed by atoms with E-state index >= 15 is 0 Å². The molecule has 0 nitrogen and oxygen atoms in total. The summed E-state index contributed by atoms with van der Waals surface area (Å²) in [6, 6.07) is 1.91. The van der Waals surface area contributed by atoms with E-state index in [1.807, 2.05) is 23.6 Å². The summed E-state index contributed by atoms with van der Waals surface area (Å²) in [7, 11) is 0. The first kappa shape index (κ1) is 8.12. The van der Waals surface area contributed by atoms with Crippen LogP contribution in [0.4, 0.5) is 0 Å². The largest absolute Gasteiger partial charge is 0.143 e. The number of halogens is 2. The summed E-state index contributed by atoms with van der Waals surface area (Å²) in [6.07, 6.45) is 3.85. The number of allylic oxidation sites excluding steroid dienone is 1. The summed E-state index contributed by atoms with van der Waals surface area (Å²) < 4.78 is 0. The summed E-state index contributed by atoms with van der Waals surface area (Å²) in [5.41, 5.74) is 0. The molecule has 0 atom stereocenters. The van der Waals surface area contributed by atoms with E-state index in [4.69, 9.17) is 23.2 Å². The maximum Gasteiger partial charge on any atom is 0.0519 e. The van der Waals surface area contributed by atoms with Crippen molar-refractivity contribution in [2.45, 2.75) is 0 Å². The molecular formula is C7H6Cl2S. The number of rotatable bonds is 2. The Morgan fingerprint density at radius 2 is 2.40 bits per heavy atom. The van der Waals surface area contributed by atoms with Crippen LogP contribution in [0, 0.1) is 0 Å². The molecule has 3 heteroatoms. The second-order valence-corrected chi connectivity index (χ2v) is 3.41. The zero-order valence-corrected chi connectivity index (χ0v) is 7.51. The Kier molecular flexibility index (Phi) is 3.26. The summed E-state index contributed by atoms with van der Waals surface area (Å²) in [4.78, 5) is 1.14. The van der Waals surface area contributed by atoms with Gasteiger partial charge in [-0.1, -0.05) is 17.7 Å². The van der Waals surface area contributed by atoms with Crippen molar-refractivity contribution in [2.75, 3.05) is 5.88 Å². The van der Waals surface area contributed by atoms with Crippen LogP contribution in [0.2, 0.25) is 5.02 Å². The maximum absolute atomic E-state index is 5.68. The highest BCUT2D eigenvalue weighted by Crippen LogP contribution is 2.19. The fourth-order valence-corrected chi connectivity index (χ4v) is 1.67. The van der Waals surface area contributed by atoms with Gasteiger partial charge in [0.05, 0.1) is 5.02 Å². The molecule has 0 aromatic carbocycles. The highest BCUT2D eigenvalue weighted by molar-refractivity contribution is 7.11. The van der Waals surface area contributed by atoms with E-state index in [-0.39, 0.29) is 0 Å². The molecule has 0 saturated heterocycles. The van der Waals surface area contributed by atoms with Crippen LogP contribution in [0.5, 0.6) is 0 Å². The van der Waals surface area contributed by atoms with Gasteiger partial charge in [0.1, 0.15) is 0 Å². The van der Waals surface area contributed by atoms with Crippen LogP contribution in [0.3, 0.4) is 0 Å². The molecule has 0 aliphatic heterocycles. The van der Waals surface area contributed by atoms with Crippen LogP contribution in [-0.2, 0) is 0 Å². The van der Waals surface area contributed by atoms with Gasteiger partial charge in [-0.15, -0.1) is 22.9 Å². The molecule has 1 heterocycles. The smallest absolute Gasteiger partial charge is 0.0519 e. The van der Waals surface area contributed by atoms with Crippen molar-refractivity contribution in [3.8, 4) is 0 Å². The summed E-state index contributed by atoms with van der Waals surface area (Å²) in [5, 5.41) is 2.69. The quantitative estimate of drug-likeness (QED) is 0.629. The first-order chi connectivity index (χ1) is 4.83. The van der Waals surface area contributed by atoms with Crippen molar-refractivity contribution in [1.82, 2.24) is 0 Å². The van der Waals surface area contributed by atoms with E-state index in [0.717, 1.165) is 9.90 Å². The average molecular weight is 193 g/mol. The van der Waals surface area contributed by atoms with Gasteiger partial charge in [0.15, 0.2) is 0 Å². The Hall–Kier alpha value is 0.0200. The van der Waals surface area contributed by atoms with Crippen LogP contribution >= 0.6 is 34.5 Å². The number of hydrogen-bond donors (Lipinski definition) is 0. The molecule has 0 radical (unpaired) electrons. The fourth-order valence-electron chi connectivity index (χ4n) is 0.576. The second kappa shape index (κ2) is 4.02. The third-order valence-corrected chi connectivity index (χ3v) is 2.38. The molecule has 54 valence electrons. The highest BCUT2D eigenvalue weighted by Gasteiger charge is 1.90. The van der Waals surface area contributed by atoms with Crippen LogP contribution < -0.4 is 0 Å². The molecule has 1 rings (SSSR count). The molecule has 1 aromatic heterocycles. The molecular weight excluding hydrogens is 187 g/mol. The first-order valence-electron chi connectivity index (χ1n) is 2.79. The van der Waals surface area contributed by atoms with Crippen molar-refractivity contribution in [3.63, 3.8) is 0 Å². The van der Waals surface area contributed by atoms with Gasteiger partial charge in [0.25, 0.3) is 0 Å². The van der Waals surface area contributed by atoms with Gasteiger partial charge >= 0.3 is 0 Å². The molecule has 0 aliphatic carbocycles. The summed E-state index contributed by atoms with van der Waals surface area (Å²) in [6.45, 7) is 0. The van der Waals surface area contributed by atoms with Gasteiger partial charge < -0.3 is 0 Å². The van der Waals surface area contributed by atoms with Gasteiger partial charge in [-0.05, 0) is 12.1 Å². The maximum atomic E-state index is 5.68. The highest BCUT2D eigenvalue weighted by atomic mass is 35.5. The van der Waals surface area contributed by atoms with Crippen LogP contribution in [0.1, 0.15) is 4.88 Å². The van der Waals surface area contributed by atoms with Gasteiger partial charge in [-0.2, -0.15) is 0 Å². The zero-order chi connectivity index (χ0) is 7.40. The van der Waals surface area contributed by atoms with E-state index in [9.17, 15) is 0 Å². The fraction of sp³-hybridized carbons (Fsp3) is 0.143. The monoisotopic (exact) mass is 192 g/mol. The van der Waals surface area contributed by atoms with E-state index < -0.39 is 0 Å². The Morgan fingerprint density at radius 3 is 2.90 bits per heavy atom. The van der Waals surface area contributed by atoms with E-state index in [1.165, 1.54) is 0 Å². The molecule has 1 aromatic rings. The second-order valence-electron chi connectivity index (χ2n) is 1.72. The molecule has 0 unspecified atom stereocenters. The molecule has 0 fully saturated rings. The zero-order valence-electron chi connectivity index (χ0n) is 5.18. The topological polar surface area (TPSA) is 0 Å².